The summed E-state index contributed by atoms with van der Waals surface area (Å²) in [5.74, 6) is 0. The normalized spacial score (nSPS) is 14.7. The van der Waals surface area contributed by atoms with Gasteiger partial charge in [0, 0.05) is 25.3 Å². The van der Waals surface area contributed by atoms with E-state index in [2.05, 4.69) is 107 Å². The second-order valence-corrected chi connectivity index (χ2v) is 14.7. The minimum absolute atomic E-state index is 0.734. The molecule has 4 aromatic rings. The van der Waals surface area contributed by atoms with Gasteiger partial charge in [-0.1, -0.05) is 76.9 Å². The van der Waals surface area contributed by atoms with Gasteiger partial charge in [0.25, 0.3) is 0 Å². The second-order valence-electron chi connectivity index (χ2n) is 12.5. The van der Waals surface area contributed by atoms with Crippen LogP contribution < -0.4 is 20.8 Å². The molecule has 206 valence electrons. The molecule has 2 heteroatoms. The molecule has 6 rings (SSSR count). The number of fused-ring (bicyclic) bond motifs is 2. The molecule has 0 radical (unpaired) electrons. The summed E-state index contributed by atoms with van der Waals surface area (Å²) in [6.07, 6.45) is 10.0. The fraction of sp³-hybridized carbons (Fsp3) is 0.368. The number of hydrogen-bond donors (Lipinski definition) is 0. The van der Waals surface area contributed by atoms with Crippen LogP contribution in [0.25, 0.3) is 11.1 Å². The van der Waals surface area contributed by atoms with Crippen LogP contribution in [0, 0.1) is 27.7 Å². The van der Waals surface area contributed by atoms with Crippen LogP contribution in [0.1, 0.15) is 70.2 Å². The number of nitrogens with zero attached hydrogens (tertiary/aromatic N) is 1. The molecule has 0 bridgehead atoms. The lowest BCUT2D eigenvalue weighted by Crippen LogP contribution is -2.26. The Balaban J connectivity index is 1.73. The predicted molar refractivity (Wildman–Crippen MR) is 177 cm³/mol. The molecule has 0 aromatic heterocycles. The van der Waals surface area contributed by atoms with Crippen molar-refractivity contribution in [2.24, 2.45) is 0 Å². The van der Waals surface area contributed by atoms with Gasteiger partial charge in [0.15, 0.2) is 0 Å². The van der Waals surface area contributed by atoms with Gasteiger partial charge in [-0.25, -0.2) is 0 Å². The molecule has 0 fully saturated rings. The fourth-order valence-electron chi connectivity index (χ4n) is 7.33. The lowest BCUT2D eigenvalue weighted by molar-refractivity contribution is 0.682. The van der Waals surface area contributed by atoms with Crippen molar-refractivity contribution in [3.05, 3.63) is 105 Å². The molecular weight excluding hydrogens is 501 g/mol. The molecule has 2 aliphatic carbocycles. The number of rotatable bonds is 5. The van der Waals surface area contributed by atoms with E-state index in [0.717, 1.165) is 0 Å². The molecule has 40 heavy (non-hydrogen) atoms. The van der Waals surface area contributed by atoms with E-state index in [9.17, 15) is 0 Å². The zero-order valence-corrected chi connectivity index (χ0v) is 26.2. The number of benzene rings is 4. The third-order valence-corrected chi connectivity index (χ3v) is 11.3. The van der Waals surface area contributed by atoms with Crippen LogP contribution in [0.4, 0.5) is 5.69 Å². The number of anilines is 1. The highest BCUT2D eigenvalue weighted by Gasteiger charge is 2.29. The van der Waals surface area contributed by atoms with E-state index < -0.39 is 7.92 Å². The summed E-state index contributed by atoms with van der Waals surface area (Å²) in [5, 5.41) is 4.50. The van der Waals surface area contributed by atoms with E-state index in [1.54, 1.807) is 33.1 Å². The quantitative estimate of drug-likeness (QED) is 0.229. The number of hydrogen-bond acceptors (Lipinski definition) is 1. The van der Waals surface area contributed by atoms with Crippen LogP contribution in [-0.4, -0.2) is 14.1 Å². The van der Waals surface area contributed by atoms with E-state index >= 15 is 0 Å². The Morgan fingerprint density at radius 1 is 0.525 bits per heavy atom. The smallest absolute Gasteiger partial charge is 0.0444 e. The SMILES string of the molecule is Cc1cc(C)cc(P(c2cc(C)cc(C)c2)c2ccc3c(c2-c2c(N(C)C)ccc4c2CCCC4)CCCC3)c1. The van der Waals surface area contributed by atoms with Crippen molar-refractivity contribution in [3.63, 3.8) is 0 Å². The average molecular weight is 546 g/mol. The van der Waals surface area contributed by atoms with Gasteiger partial charge in [0.05, 0.1) is 0 Å². The van der Waals surface area contributed by atoms with Crippen molar-refractivity contribution in [2.75, 3.05) is 19.0 Å². The zero-order chi connectivity index (χ0) is 28.0. The third kappa shape index (κ3) is 5.14. The zero-order valence-electron chi connectivity index (χ0n) is 25.3. The van der Waals surface area contributed by atoms with Gasteiger partial charge in [-0.15, -0.1) is 0 Å². The maximum atomic E-state index is 2.54. The Labute approximate surface area is 243 Å². The van der Waals surface area contributed by atoms with Gasteiger partial charge in [0.1, 0.15) is 0 Å². The van der Waals surface area contributed by atoms with Crippen molar-refractivity contribution in [3.8, 4) is 11.1 Å². The van der Waals surface area contributed by atoms with Gasteiger partial charge in [-0.3, -0.25) is 0 Å². The highest BCUT2D eigenvalue weighted by molar-refractivity contribution is 7.80. The lowest BCUT2D eigenvalue weighted by atomic mass is 9.80. The van der Waals surface area contributed by atoms with Crippen molar-refractivity contribution >= 4 is 29.5 Å². The minimum atomic E-state index is -0.734. The van der Waals surface area contributed by atoms with Gasteiger partial charge in [-0.05, 0) is 137 Å². The first-order valence-corrected chi connectivity index (χ1v) is 16.6. The Hall–Kier alpha value is -2.89. The molecule has 0 atom stereocenters. The molecule has 0 spiro atoms. The maximum Gasteiger partial charge on any atom is 0.0444 e. The average Bonchev–Trinajstić information content (AvgIpc) is 2.91. The standard InChI is InChI=1S/C38H44NP/c1-25-19-26(2)22-31(21-25)40(32-23-27(3)20-28(4)24-32)36-18-16-30-12-8-10-14-34(30)38(36)37-33-13-9-7-11-29(33)15-17-35(37)39(5)6/h15-24H,7-14H2,1-6H3. The first kappa shape index (κ1) is 27.3. The molecule has 0 saturated heterocycles. The summed E-state index contributed by atoms with van der Waals surface area (Å²) in [5.41, 5.74) is 16.3. The molecule has 0 aliphatic heterocycles. The summed E-state index contributed by atoms with van der Waals surface area (Å²) in [7, 11) is 3.74. The van der Waals surface area contributed by atoms with E-state index in [0.29, 0.717) is 0 Å². The van der Waals surface area contributed by atoms with E-state index in [-0.39, 0.29) is 0 Å². The predicted octanol–water partition coefficient (Wildman–Crippen LogP) is 8.17. The minimum Gasteiger partial charge on any atom is -0.377 e. The molecule has 4 aromatic carbocycles. The van der Waals surface area contributed by atoms with Gasteiger partial charge in [-0.2, -0.15) is 0 Å². The highest BCUT2D eigenvalue weighted by atomic mass is 31.1. The van der Waals surface area contributed by atoms with Crippen LogP contribution in [0.5, 0.6) is 0 Å². The topological polar surface area (TPSA) is 3.24 Å². The Morgan fingerprint density at radius 2 is 0.975 bits per heavy atom. The Bertz CT molecular complexity index is 1490. The van der Waals surface area contributed by atoms with Crippen LogP contribution in [0.2, 0.25) is 0 Å². The largest absolute Gasteiger partial charge is 0.377 e. The van der Waals surface area contributed by atoms with Crippen molar-refractivity contribution in [1.29, 1.82) is 0 Å². The van der Waals surface area contributed by atoms with E-state index in [1.165, 1.54) is 95.5 Å². The third-order valence-electron chi connectivity index (χ3n) is 8.92. The van der Waals surface area contributed by atoms with E-state index in [4.69, 9.17) is 0 Å². The van der Waals surface area contributed by atoms with Gasteiger partial charge < -0.3 is 4.90 Å². The Morgan fingerprint density at radius 3 is 1.48 bits per heavy atom. The van der Waals surface area contributed by atoms with Crippen molar-refractivity contribution in [2.45, 2.75) is 79.1 Å². The van der Waals surface area contributed by atoms with E-state index in [1.807, 2.05) is 0 Å². The summed E-state index contributed by atoms with van der Waals surface area (Å²) >= 11 is 0. The summed E-state index contributed by atoms with van der Waals surface area (Å²) in [4.78, 5) is 2.37. The van der Waals surface area contributed by atoms with Crippen molar-refractivity contribution in [1.82, 2.24) is 0 Å². The molecule has 1 nitrogen and oxygen atoms in total. The summed E-state index contributed by atoms with van der Waals surface area (Å²) < 4.78 is 0. The first-order chi connectivity index (χ1) is 19.3. The molecule has 0 heterocycles. The van der Waals surface area contributed by atoms with Crippen LogP contribution in [0.3, 0.4) is 0 Å². The second kappa shape index (κ2) is 11.2. The van der Waals surface area contributed by atoms with Crippen LogP contribution in [-0.2, 0) is 25.7 Å². The number of aryl methyl sites for hydroxylation is 6. The molecule has 2 aliphatic rings. The lowest BCUT2D eigenvalue weighted by Gasteiger charge is -2.32. The first-order valence-electron chi connectivity index (χ1n) is 15.2. The monoisotopic (exact) mass is 545 g/mol. The van der Waals surface area contributed by atoms with Gasteiger partial charge in [0.2, 0.25) is 0 Å². The molecule has 0 saturated carbocycles. The fourth-order valence-corrected chi connectivity index (χ4v) is 10.2. The van der Waals surface area contributed by atoms with Crippen LogP contribution in [0.15, 0.2) is 60.7 Å². The van der Waals surface area contributed by atoms with Crippen LogP contribution >= 0.6 is 7.92 Å². The highest BCUT2D eigenvalue weighted by Crippen LogP contribution is 2.46. The van der Waals surface area contributed by atoms with Crippen molar-refractivity contribution < 1.29 is 0 Å². The summed E-state index contributed by atoms with van der Waals surface area (Å²) in [6.45, 7) is 9.04. The molecule has 0 amide bonds. The maximum absolute atomic E-state index is 2.54. The molecule has 0 unspecified atom stereocenters. The molecule has 0 N–H and O–H groups in total. The molecular formula is C38H44NP. The van der Waals surface area contributed by atoms with Gasteiger partial charge >= 0.3 is 0 Å². The Kier molecular flexibility index (Phi) is 7.62. The summed E-state index contributed by atoms with van der Waals surface area (Å²) in [6, 6.07) is 24.4.